The number of unbranched alkanes of at least 4 members (excludes halogenated alkanes) is 5. The van der Waals surface area contributed by atoms with Crippen molar-refractivity contribution in [1.82, 2.24) is 0 Å². The Balaban J connectivity index is 1.81. The molecule has 0 aromatic heterocycles. The van der Waals surface area contributed by atoms with Crippen molar-refractivity contribution in [1.29, 1.82) is 0 Å². The maximum absolute atomic E-state index is 13.8. The van der Waals surface area contributed by atoms with Gasteiger partial charge in [0.15, 0.2) is 0 Å². The first-order chi connectivity index (χ1) is 13.6. The number of aliphatic hydroxyl groups is 1. The number of allylic oxidation sites excluding steroid dienone is 1. The second-order valence-electron chi connectivity index (χ2n) is 7.21. The van der Waals surface area contributed by atoms with Crippen LogP contribution in [0.5, 0.6) is 0 Å². The summed E-state index contributed by atoms with van der Waals surface area (Å²) in [4.78, 5) is 0. The molecule has 0 bridgehead atoms. The van der Waals surface area contributed by atoms with Crippen molar-refractivity contribution in [3.05, 3.63) is 47.5 Å². The molecular formula is C22H32F2O4. The lowest BCUT2D eigenvalue weighted by Crippen LogP contribution is -2.54. The second kappa shape index (κ2) is 12.3. The van der Waals surface area contributed by atoms with Crippen molar-refractivity contribution in [2.24, 2.45) is 0 Å². The SMILES string of the molecule is CCCCCCC/C=C/[C@@H]1OC[C@@H](OCc2ccc(F)cc2F)[C@@H](OC)[C@H]1O. The number of aliphatic hydroxyl groups excluding tert-OH is 1. The zero-order chi connectivity index (χ0) is 20.4. The fraction of sp³-hybridized carbons (Fsp3) is 0.636. The number of hydrogen-bond donors (Lipinski definition) is 1. The third-order valence-electron chi connectivity index (χ3n) is 5.03. The van der Waals surface area contributed by atoms with Crippen LogP contribution in [0.1, 0.15) is 51.0 Å². The van der Waals surface area contributed by atoms with Crippen LogP contribution in [0.2, 0.25) is 0 Å². The molecule has 1 fully saturated rings. The van der Waals surface area contributed by atoms with E-state index in [4.69, 9.17) is 14.2 Å². The molecule has 0 radical (unpaired) electrons. The fourth-order valence-corrected chi connectivity index (χ4v) is 3.34. The van der Waals surface area contributed by atoms with E-state index in [0.717, 1.165) is 18.9 Å². The highest BCUT2D eigenvalue weighted by Crippen LogP contribution is 2.23. The Kier molecular flexibility index (Phi) is 10.1. The van der Waals surface area contributed by atoms with E-state index in [-0.39, 0.29) is 18.8 Å². The first-order valence-electron chi connectivity index (χ1n) is 10.1. The maximum Gasteiger partial charge on any atom is 0.131 e. The molecule has 1 heterocycles. The Morgan fingerprint density at radius 2 is 2.00 bits per heavy atom. The number of hydrogen-bond acceptors (Lipinski definition) is 4. The molecule has 0 spiro atoms. The van der Waals surface area contributed by atoms with Gasteiger partial charge in [-0.15, -0.1) is 0 Å². The third kappa shape index (κ3) is 6.92. The summed E-state index contributed by atoms with van der Waals surface area (Å²) in [5, 5.41) is 10.6. The summed E-state index contributed by atoms with van der Waals surface area (Å²) < 4.78 is 43.6. The third-order valence-corrected chi connectivity index (χ3v) is 5.03. The molecular weight excluding hydrogens is 366 g/mol. The van der Waals surface area contributed by atoms with Gasteiger partial charge in [-0.05, 0) is 18.9 Å². The number of methoxy groups -OCH3 is 1. The van der Waals surface area contributed by atoms with Gasteiger partial charge in [-0.2, -0.15) is 0 Å². The van der Waals surface area contributed by atoms with Gasteiger partial charge in [0.1, 0.15) is 36.1 Å². The molecule has 1 aliphatic heterocycles. The topological polar surface area (TPSA) is 47.9 Å². The van der Waals surface area contributed by atoms with E-state index in [9.17, 15) is 13.9 Å². The predicted molar refractivity (Wildman–Crippen MR) is 104 cm³/mol. The van der Waals surface area contributed by atoms with Gasteiger partial charge >= 0.3 is 0 Å². The molecule has 1 aromatic rings. The van der Waals surface area contributed by atoms with Crippen molar-refractivity contribution in [3.63, 3.8) is 0 Å². The van der Waals surface area contributed by atoms with Gasteiger partial charge in [-0.3, -0.25) is 0 Å². The molecule has 1 aliphatic rings. The number of halogens is 2. The highest BCUT2D eigenvalue weighted by molar-refractivity contribution is 5.17. The highest BCUT2D eigenvalue weighted by Gasteiger charge is 2.39. The van der Waals surface area contributed by atoms with Gasteiger partial charge in [0, 0.05) is 18.7 Å². The minimum atomic E-state index is -0.877. The summed E-state index contributed by atoms with van der Waals surface area (Å²) >= 11 is 0. The van der Waals surface area contributed by atoms with Crippen LogP contribution in [0.4, 0.5) is 8.78 Å². The van der Waals surface area contributed by atoms with Crippen LogP contribution in [0.15, 0.2) is 30.4 Å². The van der Waals surface area contributed by atoms with Gasteiger partial charge in [0.05, 0.1) is 13.2 Å². The van der Waals surface area contributed by atoms with Crippen molar-refractivity contribution in [3.8, 4) is 0 Å². The molecule has 0 unspecified atom stereocenters. The normalized spacial score (nSPS) is 25.5. The average Bonchev–Trinajstić information content (AvgIpc) is 2.68. The summed E-state index contributed by atoms with van der Waals surface area (Å²) in [6, 6.07) is 3.35. The summed E-state index contributed by atoms with van der Waals surface area (Å²) in [6.45, 7) is 2.37. The van der Waals surface area contributed by atoms with Gasteiger partial charge in [0.2, 0.25) is 0 Å². The van der Waals surface area contributed by atoms with Gasteiger partial charge in [-0.1, -0.05) is 50.8 Å². The number of rotatable bonds is 11. The molecule has 1 N–H and O–H groups in total. The van der Waals surface area contributed by atoms with E-state index in [1.165, 1.54) is 44.9 Å². The molecule has 1 saturated heterocycles. The lowest BCUT2D eigenvalue weighted by molar-refractivity contribution is -0.201. The number of benzene rings is 1. The van der Waals surface area contributed by atoms with Crippen LogP contribution in [0.25, 0.3) is 0 Å². The lowest BCUT2D eigenvalue weighted by Gasteiger charge is -2.38. The zero-order valence-electron chi connectivity index (χ0n) is 16.8. The van der Waals surface area contributed by atoms with E-state index >= 15 is 0 Å². The van der Waals surface area contributed by atoms with E-state index in [2.05, 4.69) is 6.92 Å². The average molecular weight is 398 g/mol. The summed E-state index contributed by atoms with van der Waals surface area (Å²) in [5.74, 6) is -1.29. The Morgan fingerprint density at radius 3 is 2.71 bits per heavy atom. The molecule has 158 valence electrons. The second-order valence-corrected chi connectivity index (χ2v) is 7.21. The molecule has 0 saturated carbocycles. The molecule has 0 amide bonds. The number of ether oxygens (including phenoxy) is 3. The highest BCUT2D eigenvalue weighted by atomic mass is 19.1. The van der Waals surface area contributed by atoms with Crippen LogP contribution < -0.4 is 0 Å². The van der Waals surface area contributed by atoms with Crippen molar-refractivity contribution >= 4 is 0 Å². The van der Waals surface area contributed by atoms with E-state index in [0.29, 0.717) is 0 Å². The van der Waals surface area contributed by atoms with Gasteiger partial charge in [-0.25, -0.2) is 8.78 Å². The van der Waals surface area contributed by atoms with Crippen LogP contribution in [-0.4, -0.2) is 43.2 Å². The molecule has 1 aromatic carbocycles. The monoisotopic (exact) mass is 398 g/mol. The smallest absolute Gasteiger partial charge is 0.131 e. The van der Waals surface area contributed by atoms with Crippen molar-refractivity contribution in [2.75, 3.05) is 13.7 Å². The van der Waals surface area contributed by atoms with E-state index in [1.807, 2.05) is 12.2 Å². The standard InChI is InChI=1S/C22H32F2O4/c1-3-4-5-6-7-8-9-10-19-21(25)22(26-2)20(15-28-19)27-14-16-11-12-17(23)13-18(16)24/h9-13,19-22,25H,3-8,14-15H2,1-2H3/b10-9+/t19-,20+,21-,22+/m0/s1. The first-order valence-corrected chi connectivity index (χ1v) is 10.1. The minimum Gasteiger partial charge on any atom is -0.387 e. The molecule has 4 atom stereocenters. The molecule has 0 aliphatic carbocycles. The first kappa shape index (κ1) is 22.9. The summed E-state index contributed by atoms with van der Waals surface area (Å²) in [7, 11) is 1.50. The predicted octanol–water partition coefficient (Wildman–Crippen LogP) is 4.54. The minimum absolute atomic E-state index is 0.0506. The summed E-state index contributed by atoms with van der Waals surface area (Å²) in [5.41, 5.74) is 0.246. The quantitative estimate of drug-likeness (QED) is 0.439. The Labute approximate surface area is 166 Å². The Morgan fingerprint density at radius 1 is 1.21 bits per heavy atom. The lowest BCUT2D eigenvalue weighted by atomic mass is 9.98. The van der Waals surface area contributed by atoms with Crippen molar-refractivity contribution in [2.45, 2.75) is 76.5 Å². The zero-order valence-corrected chi connectivity index (χ0v) is 16.8. The Bertz CT molecular complexity index is 608. The van der Waals surface area contributed by atoms with Crippen LogP contribution in [0.3, 0.4) is 0 Å². The molecule has 6 heteroatoms. The van der Waals surface area contributed by atoms with Crippen LogP contribution in [-0.2, 0) is 20.8 Å². The van der Waals surface area contributed by atoms with Crippen molar-refractivity contribution < 1.29 is 28.1 Å². The van der Waals surface area contributed by atoms with Crippen LogP contribution >= 0.6 is 0 Å². The fourth-order valence-electron chi connectivity index (χ4n) is 3.34. The van der Waals surface area contributed by atoms with E-state index in [1.54, 1.807) is 0 Å². The van der Waals surface area contributed by atoms with Gasteiger partial charge in [0.25, 0.3) is 0 Å². The van der Waals surface area contributed by atoms with Gasteiger partial charge < -0.3 is 19.3 Å². The van der Waals surface area contributed by atoms with Crippen LogP contribution in [0, 0.1) is 11.6 Å². The van der Waals surface area contributed by atoms with E-state index < -0.39 is 36.1 Å². The Hall–Kier alpha value is -1.34. The summed E-state index contributed by atoms with van der Waals surface area (Å²) in [6.07, 6.45) is 8.52. The molecule has 28 heavy (non-hydrogen) atoms. The molecule has 2 rings (SSSR count). The largest absolute Gasteiger partial charge is 0.387 e. The molecule has 4 nitrogen and oxygen atoms in total. The maximum atomic E-state index is 13.8.